The van der Waals surface area contributed by atoms with Crippen LogP contribution in [0, 0.1) is 0 Å². The molecule has 0 fully saturated rings. The number of hydrogen-bond donors (Lipinski definition) is 0. The predicted octanol–water partition coefficient (Wildman–Crippen LogP) is 4.72. The number of carbonyl (C=O) groups is 1. The standard InChI is InChI=1S/C20H22O4S/c1-5-25-16-9-7-15(8-10-16)17(21)11-6-14-12-18(22-2)20(24-4)19(13-14)23-3/h6-13H,5H2,1-4H3. The third kappa shape index (κ3) is 4.79. The average molecular weight is 358 g/mol. The monoisotopic (exact) mass is 358 g/mol. The second kappa shape index (κ2) is 9.18. The van der Waals surface area contributed by atoms with E-state index in [0.29, 0.717) is 22.8 Å². The van der Waals surface area contributed by atoms with Crippen molar-refractivity contribution in [1.82, 2.24) is 0 Å². The van der Waals surface area contributed by atoms with Gasteiger partial charge in [-0.3, -0.25) is 4.79 Å². The van der Waals surface area contributed by atoms with Gasteiger partial charge in [0.15, 0.2) is 17.3 Å². The third-order valence-electron chi connectivity index (χ3n) is 3.56. The minimum Gasteiger partial charge on any atom is -0.493 e. The molecular weight excluding hydrogens is 336 g/mol. The van der Waals surface area contributed by atoms with Crippen LogP contribution in [0.15, 0.2) is 47.4 Å². The summed E-state index contributed by atoms with van der Waals surface area (Å²) in [6.07, 6.45) is 3.28. The van der Waals surface area contributed by atoms with E-state index in [1.54, 1.807) is 57.4 Å². The van der Waals surface area contributed by atoms with Crippen LogP contribution in [-0.2, 0) is 0 Å². The number of thioether (sulfide) groups is 1. The first-order valence-electron chi connectivity index (χ1n) is 7.88. The van der Waals surface area contributed by atoms with Crippen molar-refractivity contribution in [1.29, 1.82) is 0 Å². The smallest absolute Gasteiger partial charge is 0.203 e. The highest BCUT2D eigenvalue weighted by atomic mass is 32.2. The quantitative estimate of drug-likeness (QED) is 0.388. The van der Waals surface area contributed by atoms with Gasteiger partial charge in [0.25, 0.3) is 0 Å². The van der Waals surface area contributed by atoms with E-state index < -0.39 is 0 Å². The first-order chi connectivity index (χ1) is 12.1. The van der Waals surface area contributed by atoms with Gasteiger partial charge in [-0.15, -0.1) is 11.8 Å². The van der Waals surface area contributed by atoms with Crippen molar-refractivity contribution in [3.8, 4) is 17.2 Å². The van der Waals surface area contributed by atoms with Gasteiger partial charge in [-0.2, -0.15) is 0 Å². The van der Waals surface area contributed by atoms with E-state index in [1.807, 2.05) is 24.3 Å². The van der Waals surface area contributed by atoms with Crippen LogP contribution in [0.4, 0.5) is 0 Å². The molecule has 0 heterocycles. The molecular formula is C20H22O4S. The topological polar surface area (TPSA) is 44.8 Å². The first-order valence-corrected chi connectivity index (χ1v) is 8.86. The number of ether oxygens (including phenoxy) is 3. The Bertz CT molecular complexity index is 726. The van der Waals surface area contributed by atoms with Crippen LogP contribution in [0.1, 0.15) is 22.8 Å². The van der Waals surface area contributed by atoms with E-state index in [9.17, 15) is 4.79 Å². The number of methoxy groups -OCH3 is 3. The Balaban J connectivity index is 2.21. The van der Waals surface area contributed by atoms with Crippen molar-refractivity contribution in [2.24, 2.45) is 0 Å². The predicted molar refractivity (Wildman–Crippen MR) is 102 cm³/mol. The van der Waals surface area contributed by atoms with Gasteiger partial charge in [0, 0.05) is 10.5 Å². The van der Waals surface area contributed by atoms with E-state index in [-0.39, 0.29) is 5.78 Å². The molecule has 0 saturated heterocycles. The number of rotatable bonds is 8. The van der Waals surface area contributed by atoms with E-state index in [2.05, 4.69) is 6.92 Å². The Morgan fingerprint density at radius 1 is 1.00 bits per heavy atom. The zero-order valence-corrected chi connectivity index (χ0v) is 15.7. The number of carbonyl (C=O) groups excluding carboxylic acids is 1. The summed E-state index contributed by atoms with van der Waals surface area (Å²) < 4.78 is 15.9. The fourth-order valence-corrected chi connectivity index (χ4v) is 3.01. The molecule has 0 bridgehead atoms. The van der Waals surface area contributed by atoms with Crippen LogP contribution in [0.5, 0.6) is 17.2 Å². The summed E-state index contributed by atoms with van der Waals surface area (Å²) in [7, 11) is 4.68. The minimum absolute atomic E-state index is 0.0539. The van der Waals surface area contributed by atoms with Crippen LogP contribution in [-0.4, -0.2) is 32.9 Å². The van der Waals surface area contributed by atoms with Crippen molar-refractivity contribution in [3.63, 3.8) is 0 Å². The SMILES string of the molecule is CCSc1ccc(C(=O)C=Cc2cc(OC)c(OC)c(OC)c2)cc1. The maximum atomic E-state index is 12.3. The molecule has 4 nitrogen and oxygen atoms in total. The molecule has 0 saturated carbocycles. The number of allylic oxidation sites excluding steroid dienone is 1. The van der Waals surface area contributed by atoms with Crippen LogP contribution < -0.4 is 14.2 Å². The molecule has 5 heteroatoms. The Morgan fingerprint density at radius 3 is 2.08 bits per heavy atom. The first kappa shape index (κ1) is 18.9. The highest BCUT2D eigenvalue weighted by Gasteiger charge is 2.12. The van der Waals surface area contributed by atoms with Crippen LogP contribution in [0.2, 0.25) is 0 Å². The summed E-state index contributed by atoms with van der Waals surface area (Å²) in [6, 6.07) is 11.2. The lowest BCUT2D eigenvalue weighted by Gasteiger charge is -2.12. The number of hydrogen-bond acceptors (Lipinski definition) is 5. The number of ketones is 1. The normalized spacial score (nSPS) is 10.7. The average Bonchev–Trinajstić information content (AvgIpc) is 2.65. The Hall–Kier alpha value is -2.40. The highest BCUT2D eigenvalue weighted by Crippen LogP contribution is 2.38. The molecule has 2 aromatic carbocycles. The van der Waals surface area contributed by atoms with E-state index in [4.69, 9.17) is 14.2 Å². The minimum atomic E-state index is -0.0539. The summed E-state index contributed by atoms with van der Waals surface area (Å²) >= 11 is 1.75. The van der Waals surface area contributed by atoms with Gasteiger partial charge < -0.3 is 14.2 Å². The van der Waals surface area contributed by atoms with Crippen molar-refractivity contribution in [3.05, 3.63) is 53.6 Å². The Labute approximate surface area is 152 Å². The molecule has 0 amide bonds. The Kier molecular flexibility index (Phi) is 6.95. The van der Waals surface area contributed by atoms with Crippen molar-refractivity contribution >= 4 is 23.6 Å². The molecule has 0 aliphatic carbocycles. The molecule has 132 valence electrons. The lowest BCUT2D eigenvalue weighted by molar-refractivity contribution is 0.104. The molecule has 0 atom stereocenters. The maximum absolute atomic E-state index is 12.3. The summed E-state index contributed by atoms with van der Waals surface area (Å²) in [5, 5.41) is 0. The molecule has 2 aromatic rings. The van der Waals surface area contributed by atoms with E-state index in [0.717, 1.165) is 16.2 Å². The van der Waals surface area contributed by atoms with E-state index >= 15 is 0 Å². The van der Waals surface area contributed by atoms with Gasteiger partial charge in [0.2, 0.25) is 5.75 Å². The number of benzene rings is 2. The van der Waals surface area contributed by atoms with E-state index in [1.165, 1.54) is 0 Å². The summed E-state index contributed by atoms with van der Waals surface area (Å²) in [4.78, 5) is 13.5. The van der Waals surface area contributed by atoms with Gasteiger partial charge in [-0.1, -0.05) is 13.0 Å². The molecule has 0 unspecified atom stereocenters. The fraction of sp³-hybridized carbons (Fsp3) is 0.250. The maximum Gasteiger partial charge on any atom is 0.203 e. The van der Waals surface area contributed by atoms with Gasteiger partial charge in [0.1, 0.15) is 0 Å². The van der Waals surface area contributed by atoms with Crippen molar-refractivity contribution in [2.75, 3.05) is 27.1 Å². The van der Waals surface area contributed by atoms with Gasteiger partial charge in [0.05, 0.1) is 21.3 Å². The molecule has 0 radical (unpaired) electrons. The third-order valence-corrected chi connectivity index (χ3v) is 4.46. The zero-order chi connectivity index (χ0) is 18.2. The largest absolute Gasteiger partial charge is 0.493 e. The fourth-order valence-electron chi connectivity index (χ4n) is 2.35. The van der Waals surface area contributed by atoms with Crippen LogP contribution in [0.3, 0.4) is 0 Å². The van der Waals surface area contributed by atoms with Crippen molar-refractivity contribution < 1.29 is 19.0 Å². The molecule has 0 N–H and O–H groups in total. The van der Waals surface area contributed by atoms with Crippen molar-refractivity contribution in [2.45, 2.75) is 11.8 Å². The lowest BCUT2D eigenvalue weighted by Crippen LogP contribution is -1.96. The molecule has 0 spiro atoms. The second-order valence-corrected chi connectivity index (χ2v) is 6.45. The van der Waals surface area contributed by atoms with Gasteiger partial charge >= 0.3 is 0 Å². The molecule has 2 rings (SSSR count). The molecule has 0 aromatic heterocycles. The van der Waals surface area contributed by atoms with Gasteiger partial charge in [-0.05, 0) is 53.8 Å². The second-order valence-electron chi connectivity index (χ2n) is 5.11. The Morgan fingerprint density at radius 2 is 1.60 bits per heavy atom. The molecule has 25 heavy (non-hydrogen) atoms. The molecule has 0 aliphatic rings. The summed E-state index contributed by atoms with van der Waals surface area (Å²) in [5.74, 6) is 2.58. The van der Waals surface area contributed by atoms with Gasteiger partial charge in [-0.25, -0.2) is 0 Å². The lowest BCUT2D eigenvalue weighted by atomic mass is 10.1. The summed E-state index contributed by atoms with van der Waals surface area (Å²) in [6.45, 7) is 2.10. The highest BCUT2D eigenvalue weighted by molar-refractivity contribution is 7.99. The van der Waals surface area contributed by atoms with Crippen LogP contribution >= 0.6 is 11.8 Å². The summed E-state index contributed by atoms with van der Waals surface area (Å²) in [5.41, 5.74) is 1.45. The zero-order valence-electron chi connectivity index (χ0n) is 14.9. The molecule has 0 aliphatic heterocycles. The van der Waals surface area contributed by atoms with Crippen LogP contribution in [0.25, 0.3) is 6.08 Å².